The van der Waals surface area contributed by atoms with Crippen LogP contribution in [0.15, 0.2) is 53.4 Å². The summed E-state index contributed by atoms with van der Waals surface area (Å²) in [7, 11) is -3.92. The molecule has 140 valence electrons. The number of hydrogen-bond acceptors (Lipinski definition) is 4. The lowest BCUT2D eigenvalue weighted by molar-refractivity contribution is 0.0696. The lowest BCUT2D eigenvalue weighted by atomic mass is 10.1. The van der Waals surface area contributed by atoms with E-state index >= 15 is 0 Å². The molecule has 0 radical (unpaired) electrons. The molecule has 0 amide bonds. The average molecular weight is 376 g/mol. The van der Waals surface area contributed by atoms with Crippen LogP contribution in [0.5, 0.6) is 0 Å². The molecule has 0 aliphatic heterocycles. The molecule has 0 saturated carbocycles. The minimum atomic E-state index is -3.92. The Balaban J connectivity index is 2.41. The summed E-state index contributed by atoms with van der Waals surface area (Å²) in [5, 5.41) is 12.4. The van der Waals surface area contributed by atoms with Crippen molar-refractivity contribution in [1.82, 2.24) is 4.72 Å². The van der Waals surface area contributed by atoms with Crippen LogP contribution >= 0.6 is 0 Å². The molecule has 0 aliphatic rings. The number of anilines is 1. The molecular weight excluding hydrogens is 352 g/mol. The smallest absolute Gasteiger partial charge is 0.335 e. The maximum atomic E-state index is 12.9. The fraction of sp³-hybridized carbons (Fsp3) is 0.316. The number of carboxylic acids is 1. The molecule has 0 saturated heterocycles. The highest BCUT2D eigenvalue weighted by molar-refractivity contribution is 7.89. The maximum absolute atomic E-state index is 12.9. The van der Waals surface area contributed by atoms with Crippen LogP contribution < -0.4 is 10.0 Å². The quantitative estimate of drug-likeness (QED) is 0.654. The van der Waals surface area contributed by atoms with E-state index in [1.165, 1.54) is 18.2 Å². The first-order valence-electron chi connectivity index (χ1n) is 8.45. The zero-order chi connectivity index (χ0) is 19.3. The second kappa shape index (κ2) is 8.33. The summed E-state index contributed by atoms with van der Waals surface area (Å²) in [4.78, 5) is 11.2. The van der Waals surface area contributed by atoms with Crippen LogP contribution in [0.1, 0.15) is 49.2 Å². The van der Waals surface area contributed by atoms with Crippen LogP contribution in [0, 0.1) is 0 Å². The van der Waals surface area contributed by atoms with Gasteiger partial charge in [-0.3, -0.25) is 0 Å². The molecule has 0 heterocycles. The van der Waals surface area contributed by atoms with Gasteiger partial charge >= 0.3 is 5.97 Å². The highest BCUT2D eigenvalue weighted by atomic mass is 32.2. The van der Waals surface area contributed by atoms with E-state index in [9.17, 15) is 18.3 Å². The van der Waals surface area contributed by atoms with Gasteiger partial charge in [-0.15, -0.1) is 0 Å². The highest BCUT2D eigenvalue weighted by Gasteiger charge is 2.24. The third kappa shape index (κ3) is 4.83. The predicted octanol–water partition coefficient (Wildman–Crippen LogP) is 3.63. The Kier molecular flexibility index (Phi) is 6.39. The molecule has 2 atom stereocenters. The fourth-order valence-corrected chi connectivity index (χ4v) is 3.90. The Bertz CT molecular complexity index is 866. The summed E-state index contributed by atoms with van der Waals surface area (Å²) < 4.78 is 28.5. The molecule has 2 unspecified atom stereocenters. The van der Waals surface area contributed by atoms with Crippen LogP contribution in [-0.4, -0.2) is 25.5 Å². The van der Waals surface area contributed by atoms with Crippen LogP contribution in [0.2, 0.25) is 0 Å². The first-order chi connectivity index (χ1) is 12.2. The summed E-state index contributed by atoms with van der Waals surface area (Å²) in [5.41, 5.74) is 1.13. The van der Waals surface area contributed by atoms with Crippen molar-refractivity contribution in [2.24, 2.45) is 0 Å². The summed E-state index contributed by atoms with van der Waals surface area (Å²) in [6.07, 6.45) is 0.800. The number of nitrogens with one attached hydrogen (secondary N) is 2. The lowest BCUT2D eigenvalue weighted by Crippen LogP contribution is -2.28. The third-order valence-electron chi connectivity index (χ3n) is 4.16. The topological polar surface area (TPSA) is 95.5 Å². The second-order valence-electron chi connectivity index (χ2n) is 6.22. The second-order valence-corrected chi connectivity index (χ2v) is 7.91. The molecule has 0 fully saturated rings. The van der Waals surface area contributed by atoms with Crippen LogP contribution in [0.4, 0.5) is 5.69 Å². The number of hydrogen-bond donors (Lipinski definition) is 3. The van der Waals surface area contributed by atoms with E-state index in [1.54, 1.807) is 6.92 Å². The van der Waals surface area contributed by atoms with Gasteiger partial charge in [-0.1, -0.05) is 37.3 Å². The molecule has 6 nitrogen and oxygen atoms in total. The number of sulfonamides is 1. The first-order valence-corrected chi connectivity index (χ1v) is 9.94. The van der Waals surface area contributed by atoms with Crippen molar-refractivity contribution in [1.29, 1.82) is 0 Å². The van der Waals surface area contributed by atoms with Crippen molar-refractivity contribution in [2.45, 2.75) is 44.2 Å². The van der Waals surface area contributed by atoms with Crippen molar-refractivity contribution in [3.63, 3.8) is 0 Å². The SMILES string of the molecule is CCC(C)Nc1ccc(C(=O)O)cc1S(=O)(=O)NC(C)c1ccccc1. The van der Waals surface area contributed by atoms with Crippen LogP contribution in [0.25, 0.3) is 0 Å². The maximum Gasteiger partial charge on any atom is 0.335 e. The molecule has 2 aromatic carbocycles. The van der Waals surface area contributed by atoms with Gasteiger partial charge in [0.2, 0.25) is 10.0 Å². The molecule has 0 aromatic heterocycles. The third-order valence-corrected chi connectivity index (χ3v) is 5.74. The van der Waals surface area contributed by atoms with E-state index < -0.39 is 22.0 Å². The normalized spacial score (nSPS) is 13.8. The number of carbonyl (C=O) groups is 1. The van der Waals surface area contributed by atoms with Gasteiger partial charge in [0.05, 0.1) is 11.3 Å². The van der Waals surface area contributed by atoms with Gasteiger partial charge in [0, 0.05) is 12.1 Å². The van der Waals surface area contributed by atoms with E-state index in [4.69, 9.17) is 0 Å². The highest BCUT2D eigenvalue weighted by Crippen LogP contribution is 2.26. The summed E-state index contributed by atoms with van der Waals surface area (Å²) >= 11 is 0. The molecular formula is C19H24N2O4S. The fourth-order valence-electron chi connectivity index (χ4n) is 2.47. The molecule has 2 rings (SSSR count). The molecule has 0 spiro atoms. The van der Waals surface area contributed by atoms with Crippen molar-refractivity contribution in [2.75, 3.05) is 5.32 Å². The number of carboxylic acid groups (broad SMARTS) is 1. The van der Waals surface area contributed by atoms with E-state index in [2.05, 4.69) is 10.0 Å². The van der Waals surface area contributed by atoms with Gasteiger partial charge in [-0.05, 0) is 44.0 Å². The first kappa shape index (κ1) is 19.9. The summed E-state index contributed by atoms with van der Waals surface area (Å²) in [5.74, 6) is -1.17. The van der Waals surface area contributed by atoms with Gasteiger partial charge in [0.25, 0.3) is 0 Å². The minimum absolute atomic E-state index is 0.0474. The van der Waals surface area contributed by atoms with E-state index in [1.807, 2.05) is 44.2 Å². The molecule has 26 heavy (non-hydrogen) atoms. The van der Waals surface area contributed by atoms with Crippen molar-refractivity contribution < 1.29 is 18.3 Å². The zero-order valence-corrected chi connectivity index (χ0v) is 15.9. The summed E-state index contributed by atoms with van der Waals surface area (Å²) in [6.45, 7) is 5.66. The Morgan fingerprint density at radius 2 is 1.77 bits per heavy atom. The number of benzene rings is 2. The lowest BCUT2D eigenvalue weighted by Gasteiger charge is -2.20. The van der Waals surface area contributed by atoms with Gasteiger partial charge in [-0.2, -0.15) is 0 Å². The Morgan fingerprint density at radius 3 is 2.35 bits per heavy atom. The molecule has 0 bridgehead atoms. The minimum Gasteiger partial charge on any atom is -0.478 e. The monoisotopic (exact) mass is 376 g/mol. The zero-order valence-electron chi connectivity index (χ0n) is 15.1. The van der Waals surface area contributed by atoms with Crippen LogP contribution in [0.3, 0.4) is 0 Å². The Morgan fingerprint density at radius 1 is 1.12 bits per heavy atom. The Hall–Kier alpha value is -2.38. The van der Waals surface area contributed by atoms with Gasteiger partial charge < -0.3 is 10.4 Å². The van der Waals surface area contributed by atoms with E-state index in [-0.39, 0.29) is 16.5 Å². The van der Waals surface area contributed by atoms with Crippen molar-refractivity contribution in [3.05, 3.63) is 59.7 Å². The molecule has 0 aliphatic carbocycles. The van der Waals surface area contributed by atoms with Gasteiger partial charge in [0.15, 0.2) is 0 Å². The number of rotatable bonds is 8. The average Bonchev–Trinajstić information content (AvgIpc) is 2.61. The standard InChI is InChI=1S/C19H24N2O4S/c1-4-13(2)20-17-11-10-16(19(22)23)12-18(17)26(24,25)21-14(3)15-8-6-5-7-9-15/h5-14,20-21H,4H2,1-3H3,(H,22,23). The van der Waals surface area contributed by atoms with Gasteiger partial charge in [-0.25, -0.2) is 17.9 Å². The van der Waals surface area contributed by atoms with Crippen LogP contribution in [-0.2, 0) is 10.0 Å². The summed E-state index contributed by atoms with van der Waals surface area (Å²) in [6, 6.07) is 12.9. The number of aromatic carboxylic acids is 1. The van der Waals surface area contributed by atoms with Gasteiger partial charge in [0.1, 0.15) is 4.90 Å². The largest absolute Gasteiger partial charge is 0.478 e. The molecule has 3 N–H and O–H groups in total. The molecule has 7 heteroatoms. The van der Waals surface area contributed by atoms with E-state index in [0.717, 1.165) is 12.0 Å². The van der Waals surface area contributed by atoms with Crippen molar-refractivity contribution in [3.8, 4) is 0 Å². The molecule has 2 aromatic rings. The Labute approximate surface area is 154 Å². The van der Waals surface area contributed by atoms with Crippen molar-refractivity contribution >= 4 is 21.7 Å². The van der Waals surface area contributed by atoms with E-state index in [0.29, 0.717) is 5.69 Å². The predicted molar refractivity (Wildman–Crippen MR) is 102 cm³/mol.